The number of aromatic nitrogens is 2. The normalized spacial score (nSPS) is 11.3. The zero-order chi connectivity index (χ0) is 15.5. The van der Waals surface area contributed by atoms with Gasteiger partial charge in [-0.1, -0.05) is 12.1 Å². The van der Waals surface area contributed by atoms with E-state index in [-0.39, 0.29) is 10.8 Å². The maximum Gasteiger partial charge on any atom is 0.261 e. The smallest absolute Gasteiger partial charge is 0.261 e. The molecule has 0 unspecified atom stereocenters. The van der Waals surface area contributed by atoms with Gasteiger partial charge in [-0.2, -0.15) is 5.10 Å². The molecular weight excluding hydrogens is 314 g/mol. The van der Waals surface area contributed by atoms with Gasteiger partial charge in [0.05, 0.1) is 16.7 Å². The Morgan fingerprint density at radius 1 is 1.33 bits per heavy atom. The van der Waals surface area contributed by atoms with Gasteiger partial charge in [-0.05, 0) is 31.0 Å². The van der Waals surface area contributed by atoms with Crippen molar-refractivity contribution in [3.8, 4) is 0 Å². The molecule has 2 aromatic rings. The van der Waals surface area contributed by atoms with Crippen LogP contribution in [0.1, 0.15) is 21.6 Å². The lowest BCUT2D eigenvalue weighted by molar-refractivity contribution is 0.0953. The van der Waals surface area contributed by atoms with Gasteiger partial charge in [0, 0.05) is 22.9 Å². The fraction of sp³-hybridized carbons (Fsp3) is 0.231. The van der Waals surface area contributed by atoms with Crippen molar-refractivity contribution >= 4 is 25.6 Å². The second kappa shape index (κ2) is 6.28. The van der Waals surface area contributed by atoms with Crippen molar-refractivity contribution in [3.05, 3.63) is 47.3 Å². The molecular formula is C13H14ClN3O3S. The zero-order valence-corrected chi connectivity index (χ0v) is 12.8. The van der Waals surface area contributed by atoms with Crippen molar-refractivity contribution in [1.82, 2.24) is 15.5 Å². The molecule has 0 atom stereocenters. The molecule has 0 saturated carbocycles. The van der Waals surface area contributed by atoms with Crippen LogP contribution in [0.2, 0.25) is 0 Å². The number of carbonyl (C=O) groups is 1. The Bertz CT molecular complexity index is 738. The average Bonchev–Trinajstić information content (AvgIpc) is 2.84. The Morgan fingerprint density at radius 3 is 2.52 bits per heavy atom. The Balaban J connectivity index is 1.89. The van der Waals surface area contributed by atoms with E-state index in [1.807, 2.05) is 0 Å². The maximum absolute atomic E-state index is 11.8. The first-order chi connectivity index (χ1) is 9.88. The molecule has 112 valence electrons. The molecule has 0 spiro atoms. The van der Waals surface area contributed by atoms with E-state index in [0.29, 0.717) is 24.2 Å². The first-order valence-corrected chi connectivity index (χ1v) is 8.50. The number of amides is 1. The number of carbonyl (C=O) groups excluding carboxylic acids is 1. The van der Waals surface area contributed by atoms with Crippen molar-refractivity contribution in [2.75, 3.05) is 6.54 Å². The van der Waals surface area contributed by atoms with E-state index < -0.39 is 9.05 Å². The molecule has 0 aliphatic heterocycles. The Kier molecular flexibility index (Phi) is 4.64. The minimum absolute atomic E-state index is 0.0611. The topological polar surface area (TPSA) is 91.9 Å². The second-order valence-corrected chi connectivity index (χ2v) is 7.06. The molecule has 2 rings (SSSR count). The summed E-state index contributed by atoms with van der Waals surface area (Å²) in [6.07, 6.45) is 2.07. The zero-order valence-electron chi connectivity index (χ0n) is 11.3. The monoisotopic (exact) mass is 327 g/mol. The van der Waals surface area contributed by atoms with E-state index in [1.54, 1.807) is 19.1 Å². The highest BCUT2D eigenvalue weighted by Crippen LogP contribution is 2.15. The van der Waals surface area contributed by atoms with Gasteiger partial charge in [-0.15, -0.1) is 0 Å². The molecule has 21 heavy (non-hydrogen) atoms. The van der Waals surface area contributed by atoms with Gasteiger partial charge < -0.3 is 5.32 Å². The summed E-state index contributed by atoms with van der Waals surface area (Å²) in [6, 6.07) is 6.23. The van der Waals surface area contributed by atoms with Crippen molar-refractivity contribution in [2.24, 2.45) is 0 Å². The van der Waals surface area contributed by atoms with Gasteiger partial charge in [0.25, 0.3) is 15.0 Å². The highest BCUT2D eigenvalue weighted by molar-refractivity contribution is 8.13. The van der Waals surface area contributed by atoms with E-state index in [1.165, 1.54) is 18.3 Å². The van der Waals surface area contributed by atoms with Gasteiger partial charge >= 0.3 is 0 Å². The molecule has 0 saturated heterocycles. The molecule has 1 aromatic heterocycles. The first-order valence-electron chi connectivity index (χ1n) is 6.19. The summed E-state index contributed by atoms with van der Waals surface area (Å²) in [5, 5.41) is 9.26. The Morgan fingerprint density at radius 2 is 2.00 bits per heavy atom. The number of nitrogens with one attached hydrogen (secondary N) is 2. The molecule has 0 fully saturated rings. The lowest BCUT2D eigenvalue weighted by atomic mass is 10.1. The molecule has 8 heteroatoms. The summed E-state index contributed by atoms with van der Waals surface area (Å²) in [6.45, 7) is 2.21. The highest BCUT2D eigenvalue weighted by atomic mass is 35.7. The third kappa shape index (κ3) is 4.05. The number of rotatable bonds is 5. The minimum Gasteiger partial charge on any atom is -0.352 e. The van der Waals surface area contributed by atoms with E-state index in [0.717, 1.165) is 5.56 Å². The molecule has 6 nitrogen and oxygen atoms in total. The molecule has 1 amide bonds. The second-order valence-electron chi connectivity index (χ2n) is 4.50. The summed E-state index contributed by atoms with van der Waals surface area (Å²) < 4.78 is 22.2. The number of aryl methyl sites for hydroxylation is 1. The molecule has 0 aliphatic carbocycles. The van der Waals surface area contributed by atoms with E-state index in [2.05, 4.69) is 15.5 Å². The third-order valence-electron chi connectivity index (χ3n) is 2.98. The summed E-state index contributed by atoms with van der Waals surface area (Å²) in [4.78, 5) is 11.9. The highest BCUT2D eigenvalue weighted by Gasteiger charge is 2.11. The van der Waals surface area contributed by atoms with Crippen LogP contribution in [-0.4, -0.2) is 31.1 Å². The van der Waals surface area contributed by atoms with Gasteiger partial charge in [-0.3, -0.25) is 9.89 Å². The molecule has 0 radical (unpaired) electrons. The van der Waals surface area contributed by atoms with Crippen LogP contribution in [0.25, 0.3) is 0 Å². The van der Waals surface area contributed by atoms with Gasteiger partial charge in [-0.25, -0.2) is 8.42 Å². The van der Waals surface area contributed by atoms with Crippen LogP contribution in [-0.2, 0) is 15.5 Å². The maximum atomic E-state index is 11.8. The Hall–Kier alpha value is -1.86. The fourth-order valence-corrected chi connectivity index (χ4v) is 2.58. The van der Waals surface area contributed by atoms with Crippen molar-refractivity contribution < 1.29 is 13.2 Å². The number of benzene rings is 1. The van der Waals surface area contributed by atoms with Crippen LogP contribution < -0.4 is 5.32 Å². The van der Waals surface area contributed by atoms with Crippen LogP contribution in [0, 0.1) is 6.92 Å². The molecule has 0 bridgehead atoms. The number of H-pyrrole nitrogens is 1. The predicted octanol–water partition coefficient (Wildman–Crippen LogP) is 1.62. The molecule has 1 aromatic carbocycles. The van der Waals surface area contributed by atoms with E-state index in [4.69, 9.17) is 10.7 Å². The number of hydrogen-bond acceptors (Lipinski definition) is 4. The molecule has 1 heterocycles. The summed E-state index contributed by atoms with van der Waals surface area (Å²) in [7, 11) is 1.54. The summed E-state index contributed by atoms with van der Waals surface area (Å²) >= 11 is 0. The fourth-order valence-electron chi connectivity index (χ4n) is 1.81. The SMILES string of the molecule is Cc1[nH]ncc1C(=O)NCCc1ccc(S(=O)(=O)Cl)cc1. The molecule has 0 aliphatic rings. The van der Waals surface area contributed by atoms with E-state index >= 15 is 0 Å². The van der Waals surface area contributed by atoms with Crippen LogP contribution in [0.5, 0.6) is 0 Å². The van der Waals surface area contributed by atoms with Gasteiger partial charge in [0.15, 0.2) is 0 Å². The van der Waals surface area contributed by atoms with Crippen LogP contribution >= 0.6 is 10.7 Å². The van der Waals surface area contributed by atoms with E-state index in [9.17, 15) is 13.2 Å². The summed E-state index contributed by atoms with van der Waals surface area (Å²) in [5.41, 5.74) is 2.13. The van der Waals surface area contributed by atoms with Crippen molar-refractivity contribution in [3.63, 3.8) is 0 Å². The first kappa shape index (κ1) is 15.5. The number of halogens is 1. The van der Waals surface area contributed by atoms with Gasteiger partial charge in [0.1, 0.15) is 0 Å². The number of hydrogen-bond donors (Lipinski definition) is 2. The van der Waals surface area contributed by atoms with Crippen LogP contribution in [0.4, 0.5) is 0 Å². The van der Waals surface area contributed by atoms with Crippen LogP contribution in [0.3, 0.4) is 0 Å². The van der Waals surface area contributed by atoms with Crippen LogP contribution in [0.15, 0.2) is 35.4 Å². The Labute approximate surface area is 126 Å². The quantitative estimate of drug-likeness (QED) is 0.816. The number of aromatic amines is 1. The van der Waals surface area contributed by atoms with Crippen molar-refractivity contribution in [1.29, 1.82) is 0 Å². The third-order valence-corrected chi connectivity index (χ3v) is 4.35. The van der Waals surface area contributed by atoms with Crippen molar-refractivity contribution in [2.45, 2.75) is 18.2 Å². The van der Waals surface area contributed by atoms with Gasteiger partial charge in [0.2, 0.25) is 0 Å². The number of nitrogens with zero attached hydrogens (tertiary/aromatic N) is 1. The minimum atomic E-state index is -3.70. The molecule has 2 N–H and O–H groups in total. The largest absolute Gasteiger partial charge is 0.352 e. The predicted molar refractivity (Wildman–Crippen MR) is 78.8 cm³/mol. The average molecular weight is 328 g/mol. The standard InChI is InChI=1S/C13H14ClN3O3S/c1-9-12(8-16-17-9)13(18)15-7-6-10-2-4-11(5-3-10)21(14,19)20/h2-5,8H,6-7H2,1H3,(H,15,18)(H,16,17). The lowest BCUT2D eigenvalue weighted by Crippen LogP contribution is -2.25. The lowest BCUT2D eigenvalue weighted by Gasteiger charge is -2.05. The summed E-state index contributed by atoms with van der Waals surface area (Å²) in [5.74, 6) is -0.193.